The Hall–Kier alpha value is -0.800. The summed E-state index contributed by atoms with van der Waals surface area (Å²) in [5.41, 5.74) is 1.14. The fraction of sp³-hybridized carbons (Fsp3) is 0.308. The van der Waals surface area contributed by atoms with E-state index in [1.807, 2.05) is 18.2 Å². The van der Waals surface area contributed by atoms with Gasteiger partial charge in [0.1, 0.15) is 10.6 Å². The average molecular weight is 318 g/mol. The number of rotatable bonds is 6. The Balaban J connectivity index is 2.56. The van der Waals surface area contributed by atoms with Crippen LogP contribution in [0.5, 0.6) is 5.75 Å². The molecule has 0 saturated carbocycles. The van der Waals surface area contributed by atoms with E-state index in [2.05, 4.69) is 22.5 Å². The van der Waals surface area contributed by atoms with Gasteiger partial charge in [-0.3, -0.25) is 4.79 Å². The van der Waals surface area contributed by atoms with Gasteiger partial charge < -0.3 is 4.74 Å². The van der Waals surface area contributed by atoms with Crippen LogP contribution >= 0.6 is 27.5 Å². The molecule has 0 aromatic heterocycles. The highest BCUT2D eigenvalue weighted by atomic mass is 79.9. The molecule has 0 bridgehead atoms. The first kappa shape index (κ1) is 14.3. The lowest BCUT2D eigenvalue weighted by Gasteiger charge is -2.08. The lowest BCUT2D eigenvalue weighted by molar-refractivity contribution is -0.133. The Labute approximate surface area is 115 Å². The summed E-state index contributed by atoms with van der Waals surface area (Å²) in [7, 11) is 0. The molecule has 0 saturated heterocycles. The zero-order chi connectivity index (χ0) is 12.7. The van der Waals surface area contributed by atoms with Gasteiger partial charge >= 0.3 is 5.97 Å². The number of benzene rings is 1. The highest BCUT2D eigenvalue weighted by molar-refractivity contribution is 9.10. The van der Waals surface area contributed by atoms with Crippen molar-refractivity contribution in [2.45, 2.75) is 17.7 Å². The van der Waals surface area contributed by atoms with Gasteiger partial charge in [0, 0.05) is 5.88 Å². The predicted octanol–water partition coefficient (Wildman–Crippen LogP) is 3.71. The van der Waals surface area contributed by atoms with Gasteiger partial charge in [0.15, 0.2) is 0 Å². The Kier molecular flexibility index (Phi) is 6.30. The number of carbonyl (C=O) groups is 1. The van der Waals surface area contributed by atoms with Crippen molar-refractivity contribution in [3.05, 3.63) is 42.5 Å². The van der Waals surface area contributed by atoms with Gasteiger partial charge in [-0.2, -0.15) is 0 Å². The minimum Gasteiger partial charge on any atom is -0.426 e. The third-order valence-electron chi connectivity index (χ3n) is 2.14. The third-order valence-corrected chi connectivity index (χ3v) is 3.19. The highest BCUT2D eigenvalue weighted by Crippen LogP contribution is 2.16. The average Bonchev–Trinajstić information content (AvgIpc) is 2.32. The van der Waals surface area contributed by atoms with Crippen LogP contribution in [0.4, 0.5) is 0 Å². The maximum atomic E-state index is 11.6. The molecule has 4 heteroatoms. The molecule has 0 radical (unpaired) electrons. The van der Waals surface area contributed by atoms with Crippen LogP contribution in [-0.4, -0.2) is 16.7 Å². The van der Waals surface area contributed by atoms with Gasteiger partial charge in [0.25, 0.3) is 0 Å². The van der Waals surface area contributed by atoms with Crippen LogP contribution in [0.2, 0.25) is 0 Å². The molecule has 0 heterocycles. The topological polar surface area (TPSA) is 26.3 Å². The number of alkyl halides is 2. The summed E-state index contributed by atoms with van der Waals surface area (Å²) in [6.45, 7) is 3.67. The first-order valence-corrected chi connectivity index (χ1v) is 6.74. The summed E-state index contributed by atoms with van der Waals surface area (Å²) >= 11 is 8.78. The van der Waals surface area contributed by atoms with Gasteiger partial charge in [-0.25, -0.2) is 0 Å². The number of ether oxygens (including phenoxy) is 1. The maximum Gasteiger partial charge on any atom is 0.325 e. The smallest absolute Gasteiger partial charge is 0.325 e. The van der Waals surface area contributed by atoms with Crippen molar-refractivity contribution in [2.24, 2.45) is 0 Å². The van der Waals surface area contributed by atoms with Gasteiger partial charge in [0.05, 0.1) is 0 Å². The SMILES string of the molecule is C=CCc1ccc(OC(=O)C(Br)CCCl)cc1. The molecular weight excluding hydrogens is 303 g/mol. The van der Waals surface area contributed by atoms with Crippen molar-refractivity contribution in [1.82, 2.24) is 0 Å². The Bertz CT molecular complexity index is 376. The second-order valence-electron chi connectivity index (χ2n) is 3.50. The van der Waals surface area contributed by atoms with Crippen LogP contribution in [0.1, 0.15) is 12.0 Å². The predicted molar refractivity (Wildman–Crippen MR) is 74.0 cm³/mol. The number of hydrogen-bond acceptors (Lipinski definition) is 2. The van der Waals surface area contributed by atoms with Crippen molar-refractivity contribution in [2.75, 3.05) is 5.88 Å². The van der Waals surface area contributed by atoms with E-state index in [-0.39, 0.29) is 10.8 Å². The fourth-order valence-electron chi connectivity index (χ4n) is 1.25. The van der Waals surface area contributed by atoms with E-state index in [0.717, 1.165) is 12.0 Å². The number of allylic oxidation sites excluding steroid dienone is 1. The summed E-state index contributed by atoms with van der Waals surface area (Å²) in [5.74, 6) is 0.646. The summed E-state index contributed by atoms with van der Waals surface area (Å²) in [6, 6.07) is 7.37. The zero-order valence-electron chi connectivity index (χ0n) is 9.36. The molecular formula is C13H14BrClO2. The second-order valence-corrected chi connectivity index (χ2v) is 4.99. The molecule has 0 aliphatic rings. The molecule has 0 aliphatic carbocycles. The highest BCUT2D eigenvalue weighted by Gasteiger charge is 2.16. The quantitative estimate of drug-likeness (QED) is 0.346. The lowest BCUT2D eigenvalue weighted by Crippen LogP contribution is -2.20. The van der Waals surface area contributed by atoms with Crippen LogP contribution in [0, 0.1) is 0 Å². The van der Waals surface area contributed by atoms with E-state index in [1.54, 1.807) is 12.1 Å². The Morgan fingerprint density at radius 2 is 2.12 bits per heavy atom. The van der Waals surface area contributed by atoms with Crippen molar-refractivity contribution in [3.63, 3.8) is 0 Å². The molecule has 0 amide bonds. The standard InChI is InChI=1S/C13H14BrClO2/c1-2-3-10-4-6-11(7-5-10)17-13(16)12(14)8-9-15/h2,4-7,12H,1,3,8-9H2. The fourth-order valence-corrected chi connectivity index (χ4v) is 2.06. The van der Waals surface area contributed by atoms with Crippen molar-refractivity contribution in [1.29, 1.82) is 0 Å². The molecule has 17 heavy (non-hydrogen) atoms. The van der Waals surface area contributed by atoms with E-state index in [4.69, 9.17) is 16.3 Å². The molecule has 0 fully saturated rings. The number of hydrogen-bond donors (Lipinski definition) is 0. The van der Waals surface area contributed by atoms with Crippen LogP contribution < -0.4 is 4.74 Å². The monoisotopic (exact) mass is 316 g/mol. The second kappa shape index (κ2) is 7.51. The van der Waals surface area contributed by atoms with Crippen LogP contribution in [-0.2, 0) is 11.2 Å². The van der Waals surface area contributed by atoms with Gasteiger partial charge in [-0.05, 0) is 30.5 Å². The Morgan fingerprint density at radius 3 is 2.65 bits per heavy atom. The molecule has 92 valence electrons. The van der Waals surface area contributed by atoms with E-state index < -0.39 is 0 Å². The molecule has 2 nitrogen and oxygen atoms in total. The van der Waals surface area contributed by atoms with E-state index in [0.29, 0.717) is 18.1 Å². The molecule has 0 N–H and O–H groups in total. The molecule has 0 aliphatic heterocycles. The van der Waals surface area contributed by atoms with Gasteiger partial charge in [-0.1, -0.05) is 34.1 Å². The van der Waals surface area contributed by atoms with Gasteiger partial charge in [-0.15, -0.1) is 18.2 Å². The molecule has 0 spiro atoms. The van der Waals surface area contributed by atoms with Crippen molar-refractivity contribution >= 4 is 33.5 Å². The molecule has 1 unspecified atom stereocenters. The van der Waals surface area contributed by atoms with Crippen LogP contribution in [0.25, 0.3) is 0 Å². The van der Waals surface area contributed by atoms with E-state index in [9.17, 15) is 4.79 Å². The Morgan fingerprint density at radius 1 is 1.47 bits per heavy atom. The third kappa shape index (κ3) is 4.92. The summed E-state index contributed by atoms with van der Waals surface area (Å²) in [5, 5.41) is 0. The van der Waals surface area contributed by atoms with Gasteiger partial charge in [0.2, 0.25) is 0 Å². The number of carbonyl (C=O) groups excluding carboxylic acids is 1. The number of esters is 1. The normalized spacial score (nSPS) is 11.9. The summed E-state index contributed by atoms with van der Waals surface area (Å²) in [4.78, 5) is 11.2. The first-order chi connectivity index (χ1) is 8.17. The van der Waals surface area contributed by atoms with E-state index in [1.165, 1.54) is 0 Å². The number of halogens is 2. The first-order valence-electron chi connectivity index (χ1n) is 5.29. The van der Waals surface area contributed by atoms with Crippen molar-refractivity contribution < 1.29 is 9.53 Å². The van der Waals surface area contributed by atoms with Crippen LogP contribution in [0.3, 0.4) is 0 Å². The van der Waals surface area contributed by atoms with Crippen molar-refractivity contribution in [3.8, 4) is 5.75 Å². The lowest BCUT2D eigenvalue weighted by atomic mass is 10.1. The minimum atomic E-state index is -0.354. The van der Waals surface area contributed by atoms with E-state index >= 15 is 0 Å². The molecule has 1 aromatic rings. The summed E-state index contributed by atoms with van der Waals surface area (Å²) in [6.07, 6.45) is 3.19. The maximum absolute atomic E-state index is 11.6. The summed E-state index contributed by atoms with van der Waals surface area (Å²) < 4.78 is 5.19. The zero-order valence-corrected chi connectivity index (χ0v) is 11.7. The van der Waals surface area contributed by atoms with Crippen LogP contribution in [0.15, 0.2) is 36.9 Å². The minimum absolute atomic E-state index is 0.317. The molecule has 1 aromatic carbocycles. The largest absolute Gasteiger partial charge is 0.426 e. The molecule has 1 rings (SSSR count). The molecule has 1 atom stereocenters.